The standard InChI is InChI=1S/C17H24N2O2/c1-14(13-21-3)10-17(20)19(2)12-16-7-4-6-15(11-16)8-5-9-18/h4,6-7,11,14H,9-10,12-13,18H2,1-3H3. The summed E-state index contributed by atoms with van der Waals surface area (Å²) < 4.78 is 5.06. The molecule has 0 spiro atoms. The third-order valence-corrected chi connectivity index (χ3v) is 3.08. The molecule has 0 heterocycles. The van der Waals surface area contributed by atoms with Crippen LogP contribution < -0.4 is 5.73 Å². The molecule has 21 heavy (non-hydrogen) atoms. The predicted octanol–water partition coefficient (Wildman–Crippen LogP) is 1.63. The van der Waals surface area contributed by atoms with E-state index in [9.17, 15) is 4.79 Å². The zero-order valence-corrected chi connectivity index (χ0v) is 13.1. The maximum atomic E-state index is 12.1. The summed E-state index contributed by atoms with van der Waals surface area (Å²) in [5, 5.41) is 0. The van der Waals surface area contributed by atoms with Crippen LogP contribution in [0, 0.1) is 17.8 Å². The molecule has 0 aliphatic heterocycles. The second-order valence-corrected chi connectivity index (χ2v) is 5.22. The normalized spacial score (nSPS) is 11.4. The molecule has 1 rings (SSSR count). The Labute approximate surface area is 127 Å². The smallest absolute Gasteiger partial charge is 0.222 e. The minimum atomic E-state index is 0.123. The van der Waals surface area contributed by atoms with Crippen molar-refractivity contribution in [3.63, 3.8) is 0 Å². The lowest BCUT2D eigenvalue weighted by atomic mass is 10.1. The number of nitrogens with two attached hydrogens (primary N) is 1. The number of methoxy groups -OCH3 is 1. The van der Waals surface area contributed by atoms with Crippen molar-refractivity contribution < 1.29 is 9.53 Å². The first-order valence-corrected chi connectivity index (χ1v) is 7.07. The Morgan fingerprint density at radius 3 is 2.90 bits per heavy atom. The van der Waals surface area contributed by atoms with Gasteiger partial charge in [-0.15, -0.1) is 0 Å². The van der Waals surface area contributed by atoms with E-state index >= 15 is 0 Å². The van der Waals surface area contributed by atoms with Gasteiger partial charge in [-0.1, -0.05) is 30.9 Å². The molecule has 2 N–H and O–H groups in total. The quantitative estimate of drug-likeness (QED) is 0.809. The van der Waals surface area contributed by atoms with E-state index in [1.807, 2.05) is 38.2 Å². The van der Waals surface area contributed by atoms with Gasteiger partial charge in [0, 0.05) is 39.3 Å². The van der Waals surface area contributed by atoms with Crippen LogP contribution in [-0.4, -0.2) is 38.1 Å². The molecule has 1 amide bonds. The van der Waals surface area contributed by atoms with Crippen molar-refractivity contribution in [1.29, 1.82) is 0 Å². The number of benzene rings is 1. The monoisotopic (exact) mass is 288 g/mol. The Hall–Kier alpha value is -1.83. The molecule has 1 atom stereocenters. The van der Waals surface area contributed by atoms with Gasteiger partial charge in [0.05, 0.1) is 6.54 Å². The number of nitrogens with zero attached hydrogens (tertiary/aromatic N) is 1. The maximum Gasteiger partial charge on any atom is 0.222 e. The van der Waals surface area contributed by atoms with E-state index in [4.69, 9.17) is 10.5 Å². The second-order valence-electron chi connectivity index (χ2n) is 5.22. The van der Waals surface area contributed by atoms with Gasteiger partial charge >= 0.3 is 0 Å². The minimum absolute atomic E-state index is 0.123. The highest BCUT2D eigenvalue weighted by molar-refractivity contribution is 5.76. The van der Waals surface area contributed by atoms with Gasteiger partial charge in [0.2, 0.25) is 5.91 Å². The molecule has 0 radical (unpaired) electrons. The topological polar surface area (TPSA) is 55.6 Å². The van der Waals surface area contributed by atoms with Crippen molar-refractivity contribution in [2.45, 2.75) is 19.9 Å². The van der Waals surface area contributed by atoms with E-state index in [0.717, 1.165) is 11.1 Å². The zero-order valence-electron chi connectivity index (χ0n) is 13.1. The number of hydrogen-bond donors (Lipinski definition) is 1. The molecule has 1 aromatic rings. The molecule has 1 aromatic carbocycles. The van der Waals surface area contributed by atoms with Crippen LogP contribution in [0.15, 0.2) is 24.3 Å². The van der Waals surface area contributed by atoms with Gasteiger partial charge in [0.25, 0.3) is 0 Å². The summed E-state index contributed by atoms with van der Waals surface area (Å²) in [7, 11) is 3.47. The molecule has 114 valence electrons. The van der Waals surface area contributed by atoms with E-state index in [1.165, 1.54) is 0 Å². The van der Waals surface area contributed by atoms with Crippen LogP contribution in [-0.2, 0) is 16.1 Å². The highest BCUT2D eigenvalue weighted by Gasteiger charge is 2.13. The number of amides is 1. The van der Waals surface area contributed by atoms with Gasteiger partial charge < -0.3 is 15.4 Å². The molecule has 1 unspecified atom stereocenters. The molecule has 0 saturated heterocycles. The van der Waals surface area contributed by atoms with Gasteiger partial charge in [0.1, 0.15) is 0 Å². The Kier molecular flexibility index (Phi) is 7.52. The Bertz CT molecular complexity index is 517. The van der Waals surface area contributed by atoms with E-state index in [1.54, 1.807) is 12.0 Å². The van der Waals surface area contributed by atoms with Crippen LogP contribution in [0.5, 0.6) is 0 Å². The second kappa shape index (κ2) is 9.17. The number of hydrogen-bond acceptors (Lipinski definition) is 3. The molecule has 0 aromatic heterocycles. The summed E-state index contributed by atoms with van der Waals surface area (Å²) in [5.74, 6) is 6.18. The highest BCUT2D eigenvalue weighted by atomic mass is 16.5. The summed E-state index contributed by atoms with van der Waals surface area (Å²) in [4.78, 5) is 13.9. The first-order chi connectivity index (χ1) is 10.1. The number of carbonyl (C=O) groups is 1. The molecular weight excluding hydrogens is 264 g/mol. The van der Waals surface area contributed by atoms with Crippen LogP contribution in [0.3, 0.4) is 0 Å². The predicted molar refractivity (Wildman–Crippen MR) is 84.5 cm³/mol. The van der Waals surface area contributed by atoms with Gasteiger partial charge in [-0.3, -0.25) is 4.79 Å². The zero-order chi connectivity index (χ0) is 15.7. The van der Waals surface area contributed by atoms with E-state index < -0.39 is 0 Å². The van der Waals surface area contributed by atoms with Crippen LogP contribution in [0.25, 0.3) is 0 Å². The summed E-state index contributed by atoms with van der Waals surface area (Å²) >= 11 is 0. The summed E-state index contributed by atoms with van der Waals surface area (Å²) in [6, 6.07) is 7.87. The average molecular weight is 288 g/mol. The lowest BCUT2D eigenvalue weighted by Gasteiger charge is -2.19. The van der Waals surface area contributed by atoms with Crippen LogP contribution in [0.4, 0.5) is 0 Å². The Morgan fingerprint density at radius 2 is 2.24 bits per heavy atom. The van der Waals surface area contributed by atoms with Crippen molar-refractivity contribution in [2.75, 3.05) is 27.3 Å². The molecule has 0 aliphatic rings. The largest absolute Gasteiger partial charge is 0.384 e. The van der Waals surface area contributed by atoms with Crippen molar-refractivity contribution in [3.05, 3.63) is 35.4 Å². The van der Waals surface area contributed by atoms with E-state index in [0.29, 0.717) is 26.1 Å². The van der Waals surface area contributed by atoms with Gasteiger partial charge in [0.15, 0.2) is 0 Å². The Morgan fingerprint density at radius 1 is 1.48 bits per heavy atom. The van der Waals surface area contributed by atoms with Gasteiger partial charge in [-0.2, -0.15) is 0 Å². The van der Waals surface area contributed by atoms with Crippen LogP contribution in [0.1, 0.15) is 24.5 Å². The molecular formula is C17H24N2O2. The summed E-state index contributed by atoms with van der Waals surface area (Å²) in [5.41, 5.74) is 7.36. The van der Waals surface area contributed by atoms with Crippen molar-refractivity contribution in [3.8, 4) is 11.8 Å². The van der Waals surface area contributed by atoms with E-state index in [2.05, 4.69) is 11.8 Å². The first-order valence-electron chi connectivity index (χ1n) is 7.07. The lowest BCUT2D eigenvalue weighted by Crippen LogP contribution is -2.28. The van der Waals surface area contributed by atoms with Crippen LogP contribution >= 0.6 is 0 Å². The summed E-state index contributed by atoms with van der Waals surface area (Å²) in [6.45, 7) is 3.54. The van der Waals surface area contributed by atoms with Gasteiger partial charge in [-0.05, 0) is 23.6 Å². The Balaban J connectivity index is 2.61. The summed E-state index contributed by atoms with van der Waals surface area (Å²) in [6.07, 6.45) is 0.497. The molecule has 4 nitrogen and oxygen atoms in total. The third-order valence-electron chi connectivity index (χ3n) is 3.08. The minimum Gasteiger partial charge on any atom is -0.384 e. The fraction of sp³-hybridized carbons (Fsp3) is 0.471. The highest BCUT2D eigenvalue weighted by Crippen LogP contribution is 2.10. The molecule has 0 bridgehead atoms. The first kappa shape index (κ1) is 17.2. The fourth-order valence-corrected chi connectivity index (χ4v) is 2.06. The van der Waals surface area contributed by atoms with Crippen molar-refractivity contribution in [1.82, 2.24) is 4.90 Å². The molecule has 0 aliphatic carbocycles. The van der Waals surface area contributed by atoms with Gasteiger partial charge in [-0.25, -0.2) is 0 Å². The average Bonchev–Trinajstić information content (AvgIpc) is 2.45. The number of ether oxygens (including phenoxy) is 1. The fourth-order valence-electron chi connectivity index (χ4n) is 2.06. The van der Waals surface area contributed by atoms with E-state index in [-0.39, 0.29) is 11.8 Å². The number of rotatable bonds is 6. The molecule has 0 fully saturated rings. The lowest BCUT2D eigenvalue weighted by molar-refractivity contribution is -0.131. The molecule has 4 heteroatoms. The number of carbonyl (C=O) groups excluding carboxylic acids is 1. The third kappa shape index (κ3) is 6.44. The SMILES string of the molecule is COCC(C)CC(=O)N(C)Cc1cccc(C#CCN)c1. The molecule has 0 saturated carbocycles. The van der Waals surface area contributed by atoms with Crippen molar-refractivity contribution >= 4 is 5.91 Å². The van der Waals surface area contributed by atoms with Crippen LogP contribution in [0.2, 0.25) is 0 Å². The van der Waals surface area contributed by atoms with Crippen molar-refractivity contribution in [2.24, 2.45) is 11.7 Å². The maximum absolute atomic E-state index is 12.1.